The fourth-order valence-corrected chi connectivity index (χ4v) is 5.76. The second-order valence-corrected chi connectivity index (χ2v) is 9.83. The van der Waals surface area contributed by atoms with Crippen LogP contribution in [0.4, 0.5) is 18.9 Å². The normalized spacial score (nSPS) is 20.8. The highest BCUT2D eigenvalue weighted by atomic mass is 32.2. The van der Waals surface area contributed by atoms with E-state index in [0.717, 1.165) is 55.6 Å². The summed E-state index contributed by atoms with van der Waals surface area (Å²) in [6, 6.07) is 5.98. The summed E-state index contributed by atoms with van der Waals surface area (Å²) >= 11 is 1.68. The Morgan fingerprint density at radius 2 is 1.91 bits per heavy atom. The van der Waals surface area contributed by atoms with Crippen LogP contribution in [0.3, 0.4) is 0 Å². The Morgan fingerprint density at radius 1 is 1.09 bits per heavy atom. The molecule has 2 fully saturated rings. The number of hydrogen-bond acceptors (Lipinski definition) is 7. The van der Waals surface area contributed by atoms with Gasteiger partial charge in [-0.15, -0.1) is 10.2 Å². The largest absolute Gasteiger partial charge is 0.416 e. The predicted octanol–water partition coefficient (Wildman–Crippen LogP) is 3.98. The van der Waals surface area contributed by atoms with E-state index in [1.165, 1.54) is 12.1 Å². The molecule has 0 aliphatic carbocycles. The topological polar surface area (TPSA) is 63.0 Å². The molecule has 2 aromatic heterocycles. The van der Waals surface area contributed by atoms with Gasteiger partial charge in [-0.3, -0.25) is 4.98 Å². The monoisotopic (exact) mass is 489 g/mol. The van der Waals surface area contributed by atoms with Crippen LogP contribution in [0.15, 0.2) is 48.0 Å². The Balaban J connectivity index is 1.11. The van der Waals surface area contributed by atoms with Crippen LogP contribution in [0, 0.1) is 5.92 Å². The Kier molecular flexibility index (Phi) is 6.48. The summed E-state index contributed by atoms with van der Waals surface area (Å²) in [4.78, 5) is 13.1. The van der Waals surface area contributed by atoms with Crippen molar-refractivity contribution in [1.82, 2.24) is 29.6 Å². The number of likely N-dealkylation sites (tertiary alicyclic amines) is 1. The molecule has 2 atom stereocenters. The molecule has 180 valence electrons. The van der Waals surface area contributed by atoms with Gasteiger partial charge in [0.25, 0.3) is 0 Å². The van der Waals surface area contributed by atoms with Crippen LogP contribution in [0.2, 0.25) is 0 Å². The Morgan fingerprint density at radius 3 is 2.65 bits per heavy atom. The van der Waals surface area contributed by atoms with Crippen LogP contribution in [-0.4, -0.2) is 67.6 Å². The molecular formula is C23H26F3N7S. The molecule has 2 saturated heterocycles. The number of fused-ring (bicyclic) bond motifs is 1. The number of hydrogen-bond donors (Lipinski definition) is 0. The van der Waals surface area contributed by atoms with Crippen molar-refractivity contribution in [2.24, 2.45) is 13.0 Å². The zero-order valence-corrected chi connectivity index (χ0v) is 19.6. The Hall–Kier alpha value is -2.66. The minimum atomic E-state index is -4.30. The minimum Gasteiger partial charge on any atom is -0.367 e. The maximum absolute atomic E-state index is 12.9. The van der Waals surface area contributed by atoms with Gasteiger partial charge in [-0.2, -0.15) is 13.2 Å². The molecule has 3 aromatic rings. The van der Waals surface area contributed by atoms with E-state index in [1.807, 2.05) is 11.6 Å². The molecule has 34 heavy (non-hydrogen) atoms. The van der Waals surface area contributed by atoms with Crippen molar-refractivity contribution in [3.63, 3.8) is 0 Å². The van der Waals surface area contributed by atoms with Gasteiger partial charge in [0.15, 0.2) is 11.0 Å². The smallest absolute Gasteiger partial charge is 0.367 e. The third kappa shape index (κ3) is 4.76. The average Bonchev–Trinajstić information content (AvgIpc) is 3.51. The molecule has 2 aliphatic rings. The van der Waals surface area contributed by atoms with Gasteiger partial charge in [0.2, 0.25) is 0 Å². The third-order valence-corrected chi connectivity index (χ3v) is 7.73. The van der Waals surface area contributed by atoms with Gasteiger partial charge in [-0.05, 0) is 49.6 Å². The van der Waals surface area contributed by atoms with Gasteiger partial charge in [-0.25, -0.2) is 4.98 Å². The van der Waals surface area contributed by atoms with E-state index in [2.05, 4.69) is 30.0 Å². The number of rotatable bonds is 7. The molecule has 4 heterocycles. The SMILES string of the molecule is Cn1c(SCCCN2C[C@@H]3CCN(c4ccc(C(F)(F)F)cc4)[C@@H]3C2)nnc1-c1cnccn1. The highest BCUT2D eigenvalue weighted by molar-refractivity contribution is 7.99. The van der Waals surface area contributed by atoms with Gasteiger partial charge in [-0.1, -0.05) is 11.8 Å². The van der Waals surface area contributed by atoms with Crippen LogP contribution in [-0.2, 0) is 13.2 Å². The van der Waals surface area contributed by atoms with Crippen LogP contribution in [0.1, 0.15) is 18.4 Å². The zero-order valence-electron chi connectivity index (χ0n) is 18.8. The van der Waals surface area contributed by atoms with Crippen molar-refractivity contribution in [3.05, 3.63) is 48.4 Å². The van der Waals surface area contributed by atoms with Gasteiger partial charge in [0.05, 0.1) is 11.8 Å². The molecule has 0 unspecified atom stereocenters. The van der Waals surface area contributed by atoms with Crippen LogP contribution in [0.25, 0.3) is 11.5 Å². The summed E-state index contributed by atoms with van der Waals surface area (Å²) in [7, 11) is 1.93. The van der Waals surface area contributed by atoms with E-state index in [9.17, 15) is 13.2 Å². The first-order chi connectivity index (χ1) is 16.4. The molecule has 0 bridgehead atoms. The number of anilines is 1. The van der Waals surface area contributed by atoms with Crippen molar-refractivity contribution >= 4 is 17.4 Å². The molecular weight excluding hydrogens is 463 g/mol. The Bertz CT molecular complexity index is 1100. The summed E-state index contributed by atoms with van der Waals surface area (Å²) in [5.41, 5.74) is 0.994. The maximum atomic E-state index is 12.9. The van der Waals surface area contributed by atoms with Crippen molar-refractivity contribution in [3.8, 4) is 11.5 Å². The maximum Gasteiger partial charge on any atom is 0.416 e. The molecule has 0 amide bonds. The molecule has 7 nitrogen and oxygen atoms in total. The van der Waals surface area contributed by atoms with Crippen molar-refractivity contribution < 1.29 is 13.2 Å². The van der Waals surface area contributed by atoms with E-state index in [4.69, 9.17) is 0 Å². The number of nitrogens with zero attached hydrogens (tertiary/aromatic N) is 7. The summed E-state index contributed by atoms with van der Waals surface area (Å²) in [6.45, 7) is 3.91. The molecule has 5 rings (SSSR count). The number of halogens is 3. The molecule has 11 heteroatoms. The molecule has 0 saturated carbocycles. The average molecular weight is 490 g/mol. The molecule has 2 aliphatic heterocycles. The van der Waals surface area contributed by atoms with Crippen molar-refractivity contribution in [2.45, 2.75) is 30.2 Å². The fourth-order valence-electron chi connectivity index (χ4n) is 4.92. The highest BCUT2D eigenvalue weighted by Crippen LogP contribution is 2.37. The molecule has 0 N–H and O–H groups in total. The summed E-state index contributed by atoms with van der Waals surface area (Å²) in [5, 5.41) is 9.39. The van der Waals surface area contributed by atoms with Gasteiger partial charge in [0, 0.05) is 56.6 Å². The summed E-state index contributed by atoms with van der Waals surface area (Å²) in [5.74, 6) is 2.20. The van der Waals surface area contributed by atoms with E-state index < -0.39 is 11.7 Å². The minimum absolute atomic E-state index is 0.373. The van der Waals surface area contributed by atoms with E-state index >= 15 is 0 Å². The molecule has 1 aromatic carbocycles. The van der Waals surface area contributed by atoms with Crippen molar-refractivity contribution in [1.29, 1.82) is 0 Å². The van der Waals surface area contributed by atoms with Gasteiger partial charge < -0.3 is 14.4 Å². The summed E-state index contributed by atoms with van der Waals surface area (Å²) in [6.07, 6.45) is 2.76. The first-order valence-electron chi connectivity index (χ1n) is 11.3. The highest BCUT2D eigenvalue weighted by Gasteiger charge is 2.41. The van der Waals surface area contributed by atoms with E-state index in [1.54, 1.807) is 42.5 Å². The van der Waals surface area contributed by atoms with E-state index in [0.29, 0.717) is 23.5 Å². The lowest BCUT2D eigenvalue weighted by Crippen LogP contribution is -2.35. The third-order valence-electron chi connectivity index (χ3n) is 6.63. The van der Waals surface area contributed by atoms with E-state index in [-0.39, 0.29) is 0 Å². The predicted molar refractivity (Wildman–Crippen MR) is 124 cm³/mol. The van der Waals surface area contributed by atoms with Crippen LogP contribution < -0.4 is 4.90 Å². The standard InChI is InChI=1S/C23H26F3N7S/c1-31-21(19-13-27-8-9-28-19)29-30-22(31)34-12-2-10-32-14-16-7-11-33(20(16)15-32)18-5-3-17(4-6-18)23(24,25)26/h3-6,8-9,13,16,20H,2,7,10-12,14-15H2,1H3/t16-,20+/m0/s1. The Labute approximate surface area is 200 Å². The lowest BCUT2D eigenvalue weighted by Gasteiger charge is -2.27. The van der Waals surface area contributed by atoms with Crippen LogP contribution in [0.5, 0.6) is 0 Å². The second-order valence-electron chi connectivity index (χ2n) is 8.77. The number of thioether (sulfide) groups is 1. The first kappa shape index (κ1) is 23.1. The number of aromatic nitrogens is 5. The lowest BCUT2D eigenvalue weighted by atomic mass is 10.0. The fraction of sp³-hybridized carbons (Fsp3) is 0.478. The van der Waals surface area contributed by atoms with Crippen molar-refractivity contribution in [2.75, 3.05) is 36.8 Å². The molecule has 0 radical (unpaired) electrons. The van der Waals surface area contributed by atoms with Crippen LogP contribution >= 0.6 is 11.8 Å². The number of alkyl halides is 3. The number of benzene rings is 1. The molecule has 0 spiro atoms. The zero-order chi connectivity index (χ0) is 23.7. The van der Waals surface area contributed by atoms with Gasteiger partial charge >= 0.3 is 6.18 Å². The first-order valence-corrected chi connectivity index (χ1v) is 12.3. The quantitative estimate of drug-likeness (QED) is 0.367. The summed E-state index contributed by atoms with van der Waals surface area (Å²) < 4.78 is 40.6. The lowest BCUT2D eigenvalue weighted by molar-refractivity contribution is -0.137. The van der Waals surface area contributed by atoms with Gasteiger partial charge in [0.1, 0.15) is 5.69 Å². The second kappa shape index (κ2) is 9.53.